The second kappa shape index (κ2) is 16.6. The highest BCUT2D eigenvalue weighted by Crippen LogP contribution is 2.28. The molecular weight excluding hydrogens is 742 g/mol. The van der Waals surface area contributed by atoms with Crippen molar-refractivity contribution in [1.29, 1.82) is 5.26 Å². The molecular formula is C39H34ClN9O3S2. The molecule has 12 nitrogen and oxygen atoms in total. The smallest absolute Gasteiger partial charge is 0.265 e. The lowest BCUT2D eigenvalue weighted by Gasteiger charge is -2.16. The van der Waals surface area contributed by atoms with E-state index >= 15 is 0 Å². The number of carbonyl (C=O) groups excluding carboxylic acids is 3. The molecule has 3 aromatic carbocycles. The molecule has 3 amide bonds. The summed E-state index contributed by atoms with van der Waals surface area (Å²) in [5, 5.41) is 18.0. The highest BCUT2D eigenvalue weighted by atomic mass is 35.5. The summed E-state index contributed by atoms with van der Waals surface area (Å²) in [5.41, 5.74) is 11.9. The number of rotatable bonds is 7. The van der Waals surface area contributed by atoms with Gasteiger partial charge in [-0.25, -0.2) is 9.97 Å². The van der Waals surface area contributed by atoms with Crippen molar-refractivity contribution >= 4 is 96.2 Å². The van der Waals surface area contributed by atoms with Gasteiger partial charge in [0.1, 0.15) is 20.7 Å². The largest absolute Gasteiger partial charge is 0.399 e. The number of benzene rings is 3. The molecule has 0 aliphatic rings. The summed E-state index contributed by atoms with van der Waals surface area (Å²) in [4.78, 5) is 57.2. The summed E-state index contributed by atoms with van der Waals surface area (Å²) in [5.74, 6) is -0.741. The van der Waals surface area contributed by atoms with Gasteiger partial charge >= 0.3 is 0 Å². The number of nitrogen functional groups attached to an aromatic ring is 1. The molecule has 4 heterocycles. The highest BCUT2D eigenvalue weighted by molar-refractivity contribution is 7.20. The summed E-state index contributed by atoms with van der Waals surface area (Å²) in [7, 11) is 0. The van der Waals surface area contributed by atoms with Gasteiger partial charge in [-0.15, -0.1) is 35.1 Å². The Bertz CT molecular complexity index is 2490. The third-order valence-corrected chi connectivity index (χ3v) is 10.2. The minimum absolute atomic E-state index is 0. The van der Waals surface area contributed by atoms with E-state index in [0.717, 1.165) is 27.0 Å². The van der Waals surface area contributed by atoms with E-state index in [2.05, 4.69) is 42.0 Å². The number of nitrogens with one attached hydrogen (secondary N) is 3. The molecule has 0 aliphatic carbocycles. The Morgan fingerprint density at radius 3 is 1.78 bits per heavy atom. The molecule has 0 bridgehead atoms. The van der Waals surface area contributed by atoms with E-state index in [-0.39, 0.29) is 30.1 Å². The maximum atomic E-state index is 12.8. The Kier molecular flexibility index (Phi) is 12.0. The van der Waals surface area contributed by atoms with Crippen LogP contribution in [0.2, 0.25) is 0 Å². The number of anilines is 4. The van der Waals surface area contributed by atoms with Gasteiger partial charge in [0.15, 0.2) is 0 Å². The highest BCUT2D eigenvalue weighted by Gasteiger charge is 2.21. The average Bonchev–Trinajstić information content (AvgIpc) is 3.80. The monoisotopic (exact) mass is 775 g/mol. The topological polar surface area (TPSA) is 189 Å². The van der Waals surface area contributed by atoms with Gasteiger partial charge < -0.3 is 21.7 Å². The number of nitrogens with two attached hydrogens (primary N) is 1. The van der Waals surface area contributed by atoms with Gasteiger partial charge in [0.2, 0.25) is 0 Å². The van der Waals surface area contributed by atoms with Crippen LogP contribution in [0.25, 0.3) is 20.7 Å². The number of halogens is 1. The van der Waals surface area contributed by atoms with Crippen LogP contribution in [0.5, 0.6) is 0 Å². The summed E-state index contributed by atoms with van der Waals surface area (Å²) in [6, 6.07) is 23.5. The van der Waals surface area contributed by atoms with Gasteiger partial charge in [-0.1, -0.05) is 24.3 Å². The lowest BCUT2D eigenvalue weighted by molar-refractivity contribution is 0.102. The van der Waals surface area contributed by atoms with Gasteiger partial charge in [-0.2, -0.15) is 5.26 Å². The summed E-state index contributed by atoms with van der Waals surface area (Å²) >= 11 is 2.59. The normalized spacial score (nSPS) is 10.7. The Labute approximate surface area is 324 Å². The molecule has 0 spiro atoms. The van der Waals surface area contributed by atoms with Crippen LogP contribution in [0.4, 0.5) is 22.7 Å². The molecule has 0 unspecified atom stereocenters. The second-order valence-corrected chi connectivity index (χ2v) is 14.6. The third kappa shape index (κ3) is 9.02. The number of nitriles is 1. The minimum atomic E-state index is -0.699. The molecule has 15 heteroatoms. The summed E-state index contributed by atoms with van der Waals surface area (Å²) in [6.07, 6.45) is 6.40. The van der Waals surface area contributed by atoms with Crippen molar-refractivity contribution in [3.63, 3.8) is 0 Å². The first-order chi connectivity index (χ1) is 25.4. The summed E-state index contributed by atoms with van der Waals surface area (Å²) in [6.45, 7) is 7.41. The number of hydrogen-bond acceptors (Lipinski definition) is 11. The van der Waals surface area contributed by atoms with Crippen molar-refractivity contribution in [3.8, 4) is 6.07 Å². The Hall–Kier alpha value is -6.27. The van der Waals surface area contributed by atoms with E-state index in [1.807, 2.05) is 45.9 Å². The molecule has 5 N–H and O–H groups in total. The van der Waals surface area contributed by atoms with Gasteiger partial charge in [-0.3, -0.25) is 24.4 Å². The zero-order valence-corrected chi connectivity index (χ0v) is 32.0. The molecule has 0 fully saturated rings. The number of aryl methyl sites for hydroxylation is 2. The Morgan fingerprint density at radius 1 is 0.685 bits per heavy atom. The van der Waals surface area contributed by atoms with E-state index in [9.17, 15) is 19.6 Å². The SMILES string of the molecule is Cc1ccc(N)cc1NC(=O)c1cc2nccnc2s1.Cc1ccc(NC(=O)c2cccc(C(C)(C)C#N)c2)cc1NC(=O)c1cc2nccnc2s1.Cl. The zero-order chi connectivity index (χ0) is 37.7. The van der Waals surface area contributed by atoms with Gasteiger partial charge in [0.05, 0.1) is 21.2 Å². The van der Waals surface area contributed by atoms with Crippen molar-refractivity contribution in [3.05, 3.63) is 130 Å². The van der Waals surface area contributed by atoms with Crippen LogP contribution >= 0.6 is 35.1 Å². The first-order valence-corrected chi connectivity index (χ1v) is 17.9. The van der Waals surface area contributed by atoms with E-state index in [4.69, 9.17) is 5.73 Å². The molecule has 0 saturated carbocycles. The lowest BCUT2D eigenvalue weighted by atomic mass is 9.85. The van der Waals surface area contributed by atoms with E-state index in [1.54, 1.807) is 79.4 Å². The first-order valence-electron chi connectivity index (χ1n) is 16.2. The standard InChI is InChI=1S/C25H21N5O2S.C14H12N4OS.ClH/c1-15-7-8-18(29-22(31)16-5-4-6-17(11-16)25(2,3)14-26)12-19(15)30-23(32)21-13-20-24(33-21)28-10-9-27-20;1-8-2-3-9(15)6-10(8)18-13(19)12-7-11-14(20-12)17-5-4-16-11;/h4-13H,1-3H3,(H,29,31)(H,30,32);2-7H,15H2,1H3,(H,18,19);1H. The Balaban J connectivity index is 0.000000228. The molecule has 7 aromatic rings. The number of aromatic nitrogens is 4. The summed E-state index contributed by atoms with van der Waals surface area (Å²) < 4.78 is 0. The van der Waals surface area contributed by atoms with Crippen LogP contribution in [0.1, 0.15) is 60.2 Å². The quantitative estimate of drug-likeness (QED) is 0.115. The van der Waals surface area contributed by atoms with E-state index in [1.165, 1.54) is 22.7 Å². The lowest BCUT2D eigenvalue weighted by Crippen LogP contribution is -2.17. The number of amides is 3. The van der Waals surface area contributed by atoms with Gasteiger partial charge in [0, 0.05) is 53.1 Å². The minimum Gasteiger partial charge on any atom is -0.399 e. The second-order valence-electron chi connectivity index (χ2n) is 12.5. The number of carbonyl (C=O) groups is 3. The fourth-order valence-corrected chi connectivity index (χ4v) is 6.76. The van der Waals surface area contributed by atoms with Gasteiger partial charge in [-0.05, 0) is 92.9 Å². The molecule has 0 atom stereocenters. The number of fused-ring (bicyclic) bond motifs is 2. The van der Waals surface area contributed by atoms with E-state index < -0.39 is 5.41 Å². The van der Waals surface area contributed by atoms with Crippen LogP contribution in [0.15, 0.2) is 97.6 Å². The molecule has 0 radical (unpaired) electrons. The fourth-order valence-electron chi connectivity index (χ4n) is 5.06. The molecule has 0 aliphatic heterocycles. The Morgan fingerprint density at radius 2 is 1.22 bits per heavy atom. The van der Waals surface area contributed by atoms with Crippen molar-refractivity contribution < 1.29 is 14.4 Å². The van der Waals surface area contributed by atoms with Crippen molar-refractivity contribution in [1.82, 2.24) is 19.9 Å². The predicted octanol–water partition coefficient (Wildman–Crippen LogP) is 8.56. The van der Waals surface area contributed by atoms with Gasteiger partial charge in [0.25, 0.3) is 17.7 Å². The maximum absolute atomic E-state index is 12.8. The molecule has 54 heavy (non-hydrogen) atoms. The molecule has 7 rings (SSSR count). The average molecular weight is 776 g/mol. The van der Waals surface area contributed by atoms with Crippen LogP contribution in [0, 0.1) is 25.2 Å². The maximum Gasteiger partial charge on any atom is 0.265 e. The van der Waals surface area contributed by atoms with Crippen molar-refractivity contribution in [2.75, 3.05) is 21.7 Å². The zero-order valence-electron chi connectivity index (χ0n) is 29.5. The van der Waals surface area contributed by atoms with Crippen molar-refractivity contribution in [2.45, 2.75) is 33.1 Å². The van der Waals surface area contributed by atoms with E-state index in [0.29, 0.717) is 48.4 Å². The van der Waals surface area contributed by atoms with Crippen LogP contribution in [0.3, 0.4) is 0 Å². The van der Waals surface area contributed by atoms with Crippen molar-refractivity contribution in [2.24, 2.45) is 0 Å². The molecule has 272 valence electrons. The predicted molar refractivity (Wildman–Crippen MR) is 218 cm³/mol. The third-order valence-electron chi connectivity index (χ3n) is 8.16. The van der Waals surface area contributed by atoms with Crippen LogP contribution in [-0.2, 0) is 5.41 Å². The molecule has 4 aromatic heterocycles. The number of nitrogens with zero attached hydrogens (tertiary/aromatic N) is 5. The number of hydrogen-bond donors (Lipinski definition) is 4. The first kappa shape index (κ1) is 38.9. The molecule has 0 saturated heterocycles. The fraction of sp³-hybridized carbons (Fsp3) is 0.128. The van der Waals surface area contributed by atoms with Crippen LogP contribution < -0.4 is 21.7 Å². The number of thiophene rings is 2. The van der Waals surface area contributed by atoms with Crippen LogP contribution in [-0.4, -0.2) is 37.7 Å².